The zero-order chi connectivity index (χ0) is 22.7. The average Bonchev–Trinajstić information content (AvgIpc) is 2.77. The summed E-state index contributed by atoms with van der Waals surface area (Å²) in [6.45, 7) is 7.98. The van der Waals surface area contributed by atoms with E-state index in [1.54, 1.807) is 0 Å². The number of fused-ring (bicyclic) bond motifs is 1. The fraction of sp³-hybridized carbons (Fsp3) is 0.250. The minimum absolute atomic E-state index is 0.346. The summed E-state index contributed by atoms with van der Waals surface area (Å²) in [5, 5.41) is 10.2. The summed E-state index contributed by atoms with van der Waals surface area (Å²) < 4.78 is 6.06. The molecule has 0 bridgehead atoms. The van der Waals surface area contributed by atoms with Crippen molar-refractivity contribution in [3.63, 3.8) is 0 Å². The molecule has 0 atom stereocenters. The van der Waals surface area contributed by atoms with Gasteiger partial charge in [-0.15, -0.1) is 0 Å². The van der Waals surface area contributed by atoms with E-state index in [1.807, 2.05) is 78.6 Å². The van der Waals surface area contributed by atoms with Crippen LogP contribution in [-0.2, 0) is 17.9 Å². The molecular weight excluding hydrogens is 398 g/mol. The summed E-state index contributed by atoms with van der Waals surface area (Å²) in [4.78, 5) is 14.5. The standard InChI is InChI=1S/C28H29NO3/c1-19(2)16-29-17-23-13-14-24(32-18-21-7-5-4-6-8-21)15-25(23)26(27(29)28(30)31)22-11-9-20(3)10-12-22/h4-15,19H,16-18H2,1-3H3,(H,30,31). The van der Waals surface area contributed by atoms with Gasteiger partial charge in [0.05, 0.1) is 0 Å². The predicted molar refractivity (Wildman–Crippen MR) is 127 cm³/mol. The van der Waals surface area contributed by atoms with Gasteiger partial charge >= 0.3 is 5.97 Å². The summed E-state index contributed by atoms with van der Waals surface area (Å²) >= 11 is 0. The second kappa shape index (κ2) is 9.31. The Kier molecular flexibility index (Phi) is 6.31. The molecule has 1 aliphatic heterocycles. The Morgan fingerprint density at radius 3 is 2.41 bits per heavy atom. The maximum Gasteiger partial charge on any atom is 0.352 e. The molecule has 164 valence electrons. The first-order chi connectivity index (χ1) is 15.4. The van der Waals surface area contributed by atoms with Crippen molar-refractivity contribution in [2.24, 2.45) is 5.92 Å². The lowest BCUT2D eigenvalue weighted by molar-refractivity contribution is -0.134. The molecule has 0 fully saturated rings. The van der Waals surface area contributed by atoms with Gasteiger partial charge in [0, 0.05) is 18.7 Å². The molecule has 4 heteroatoms. The molecule has 3 aromatic carbocycles. The van der Waals surface area contributed by atoms with Crippen LogP contribution in [0, 0.1) is 12.8 Å². The maximum absolute atomic E-state index is 12.5. The Labute approximate surface area is 189 Å². The minimum atomic E-state index is -0.900. The smallest absolute Gasteiger partial charge is 0.352 e. The summed E-state index contributed by atoms with van der Waals surface area (Å²) in [6, 6.07) is 24.1. The van der Waals surface area contributed by atoms with Crippen LogP contribution in [0.25, 0.3) is 5.57 Å². The lowest BCUT2D eigenvalue weighted by Gasteiger charge is -2.34. The normalized spacial score (nSPS) is 13.3. The van der Waals surface area contributed by atoms with Crippen LogP contribution >= 0.6 is 0 Å². The van der Waals surface area contributed by atoms with E-state index in [9.17, 15) is 9.90 Å². The van der Waals surface area contributed by atoms with Crippen LogP contribution in [0.5, 0.6) is 5.75 Å². The number of aliphatic carboxylic acids is 1. The number of benzene rings is 3. The summed E-state index contributed by atoms with van der Waals surface area (Å²) in [7, 11) is 0. The second-order valence-corrected chi connectivity index (χ2v) is 8.76. The highest BCUT2D eigenvalue weighted by atomic mass is 16.5. The molecule has 1 N–H and O–H groups in total. The molecule has 0 radical (unpaired) electrons. The van der Waals surface area contributed by atoms with Gasteiger partial charge in [-0.05, 0) is 47.2 Å². The second-order valence-electron chi connectivity index (χ2n) is 8.76. The number of rotatable bonds is 7. The zero-order valence-corrected chi connectivity index (χ0v) is 18.8. The highest BCUT2D eigenvalue weighted by Gasteiger charge is 2.30. The topological polar surface area (TPSA) is 49.8 Å². The van der Waals surface area contributed by atoms with Crippen molar-refractivity contribution in [2.45, 2.75) is 33.9 Å². The van der Waals surface area contributed by atoms with E-state index in [4.69, 9.17) is 4.74 Å². The third-order valence-corrected chi connectivity index (χ3v) is 5.64. The minimum Gasteiger partial charge on any atom is -0.489 e. The number of nitrogens with zero attached hydrogens (tertiary/aromatic N) is 1. The van der Waals surface area contributed by atoms with Crippen molar-refractivity contribution in [2.75, 3.05) is 6.54 Å². The van der Waals surface area contributed by atoms with Crippen molar-refractivity contribution in [1.82, 2.24) is 4.90 Å². The van der Waals surface area contributed by atoms with Crippen LogP contribution in [-0.4, -0.2) is 22.5 Å². The van der Waals surface area contributed by atoms with Crippen LogP contribution in [0.15, 0.2) is 78.5 Å². The average molecular weight is 428 g/mol. The predicted octanol–water partition coefficient (Wildman–Crippen LogP) is 5.89. The molecule has 0 saturated carbocycles. The summed E-state index contributed by atoms with van der Waals surface area (Å²) in [6.07, 6.45) is 0. The maximum atomic E-state index is 12.5. The number of hydrogen-bond donors (Lipinski definition) is 1. The number of carboxylic acid groups (broad SMARTS) is 1. The number of carbonyl (C=O) groups is 1. The highest BCUT2D eigenvalue weighted by molar-refractivity contribution is 6.01. The largest absolute Gasteiger partial charge is 0.489 e. The lowest BCUT2D eigenvalue weighted by Crippen LogP contribution is -2.34. The number of carboxylic acids is 1. The van der Waals surface area contributed by atoms with Crippen molar-refractivity contribution in [3.8, 4) is 5.75 Å². The van der Waals surface area contributed by atoms with Gasteiger partial charge in [-0.2, -0.15) is 0 Å². The van der Waals surface area contributed by atoms with Gasteiger partial charge in [0.2, 0.25) is 0 Å². The van der Waals surface area contributed by atoms with Crippen molar-refractivity contribution < 1.29 is 14.6 Å². The molecule has 32 heavy (non-hydrogen) atoms. The summed E-state index contributed by atoms with van der Waals surface area (Å²) in [5.41, 5.74) is 6.29. The van der Waals surface area contributed by atoms with Crippen LogP contribution in [0.3, 0.4) is 0 Å². The third kappa shape index (κ3) is 4.70. The molecule has 0 unspecified atom stereocenters. The van der Waals surface area contributed by atoms with Gasteiger partial charge in [-0.3, -0.25) is 0 Å². The number of aryl methyl sites for hydroxylation is 1. The summed E-state index contributed by atoms with van der Waals surface area (Å²) in [5.74, 6) is 0.181. The van der Waals surface area contributed by atoms with E-state index < -0.39 is 5.97 Å². The van der Waals surface area contributed by atoms with Crippen LogP contribution in [0.1, 0.15) is 41.7 Å². The Bertz CT molecular complexity index is 1130. The SMILES string of the molecule is Cc1ccc(C2=C(C(=O)O)N(CC(C)C)Cc3ccc(OCc4ccccc4)cc32)cc1. The van der Waals surface area contributed by atoms with E-state index in [0.29, 0.717) is 31.3 Å². The van der Waals surface area contributed by atoms with E-state index in [2.05, 4.69) is 19.9 Å². The van der Waals surface area contributed by atoms with Gasteiger partial charge in [-0.1, -0.05) is 80.1 Å². The van der Waals surface area contributed by atoms with Gasteiger partial charge in [0.25, 0.3) is 0 Å². The number of ether oxygens (including phenoxy) is 1. The van der Waals surface area contributed by atoms with E-state index in [0.717, 1.165) is 39.1 Å². The first-order valence-corrected chi connectivity index (χ1v) is 11.0. The van der Waals surface area contributed by atoms with E-state index >= 15 is 0 Å². The third-order valence-electron chi connectivity index (χ3n) is 5.64. The zero-order valence-electron chi connectivity index (χ0n) is 18.8. The molecule has 4 nitrogen and oxygen atoms in total. The quantitative estimate of drug-likeness (QED) is 0.511. The van der Waals surface area contributed by atoms with E-state index in [-0.39, 0.29) is 0 Å². The van der Waals surface area contributed by atoms with Gasteiger partial charge < -0.3 is 14.7 Å². The van der Waals surface area contributed by atoms with Crippen LogP contribution in [0.2, 0.25) is 0 Å². The lowest BCUT2D eigenvalue weighted by atomic mass is 9.87. The monoisotopic (exact) mass is 427 g/mol. The molecule has 4 rings (SSSR count). The fourth-order valence-corrected chi connectivity index (χ4v) is 4.18. The Morgan fingerprint density at radius 2 is 1.75 bits per heavy atom. The van der Waals surface area contributed by atoms with Crippen molar-refractivity contribution in [3.05, 3.63) is 106 Å². The Hall–Kier alpha value is -3.53. The first-order valence-electron chi connectivity index (χ1n) is 11.0. The number of hydrogen-bond acceptors (Lipinski definition) is 3. The van der Waals surface area contributed by atoms with Gasteiger partial charge in [0.1, 0.15) is 18.1 Å². The molecule has 0 saturated heterocycles. The molecule has 3 aromatic rings. The molecule has 0 aromatic heterocycles. The Morgan fingerprint density at radius 1 is 1.03 bits per heavy atom. The molecular formula is C28H29NO3. The van der Waals surface area contributed by atoms with Crippen LogP contribution < -0.4 is 4.74 Å². The van der Waals surface area contributed by atoms with Gasteiger partial charge in [-0.25, -0.2) is 4.79 Å². The molecule has 0 spiro atoms. The molecule has 0 aliphatic carbocycles. The first kappa shape index (κ1) is 21.7. The Balaban J connectivity index is 1.79. The molecule has 0 amide bonds. The van der Waals surface area contributed by atoms with Crippen molar-refractivity contribution >= 4 is 11.5 Å². The molecule has 1 aliphatic rings. The van der Waals surface area contributed by atoms with E-state index in [1.165, 1.54) is 0 Å². The van der Waals surface area contributed by atoms with Crippen molar-refractivity contribution in [1.29, 1.82) is 0 Å². The molecule has 1 heterocycles. The van der Waals surface area contributed by atoms with Gasteiger partial charge in [0.15, 0.2) is 0 Å². The fourth-order valence-electron chi connectivity index (χ4n) is 4.18. The van der Waals surface area contributed by atoms with Crippen LogP contribution in [0.4, 0.5) is 0 Å². The highest BCUT2D eigenvalue weighted by Crippen LogP contribution is 2.38.